The van der Waals surface area contributed by atoms with Gasteiger partial charge in [0.25, 0.3) is 0 Å². The van der Waals surface area contributed by atoms with Crippen molar-refractivity contribution in [3.05, 3.63) is 128 Å². The number of methoxy groups -OCH3 is 1. The molecule has 406 valence electrons. The number of rotatable bonds is 17. The molecule has 4 aromatic rings. The Morgan fingerprint density at radius 1 is 0.627 bits per heavy atom. The van der Waals surface area contributed by atoms with Crippen molar-refractivity contribution in [2.45, 2.75) is 148 Å². The van der Waals surface area contributed by atoms with Gasteiger partial charge in [-0.1, -0.05) is 88.6 Å². The normalized spacial score (nSPS) is 21.2. The van der Waals surface area contributed by atoms with E-state index in [1.165, 1.54) is 77.6 Å². The smallest absolute Gasteiger partial charge is 0.416 e. The number of ether oxygens (including phenoxy) is 3. The summed E-state index contributed by atoms with van der Waals surface area (Å²) in [7, 11) is 1.23. The molecule has 10 nitrogen and oxygen atoms in total. The fourth-order valence-electron chi connectivity index (χ4n) is 9.47. The zero-order valence-corrected chi connectivity index (χ0v) is 42.2. The molecule has 0 bridgehead atoms. The van der Waals surface area contributed by atoms with Gasteiger partial charge < -0.3 is 14.2 Å². The van der Waals surface area contributed by atoms with Crippen molar-refractivity contribution in [1.82, 2.24) is 9.80 Å². The Morgan fingerprint density at radius 2 is 1.05 bits per heavy atom. The summed E-state index contributed by atoms with van der Waals surface area (Å²) >= 11 is 0. The molecule has 0 atom stereocenters. The average Bonchev–Trinajstić information content (AvgIpc) is 2.48. The molecule has 0 spiro atoms. The number of aliphatic imine (C=N–C) groups is 2. The highest BCUT2D eigenvalue weighted by Gasteiger charge is 2.38. The van der Waals surface area contributed by atoms with Crippen LogP contribution in [0.15, 0.2) is 82.8 Å². The van der Waals surface area contributed by atoms with Crippen LogP contribution in [0.1, 0.15) is 185 Å². The molecule has 16 heteroatoms. The molecule has 2 saturated heterocycles. The maximum Gasteiger partial charge on any atom is 0.416 e. The summed E-state index contributed by atoms with van der Waals surface area (Å²) < 4.78 is 214. The maximum atomic E-state index is 13.9. The minimum Gasteiger partial charge on any atom is -0.471 e. The third kappa shape index (κ3) is 16.6. The maximum absolute atomic E-state index is 13.9. The predicted molar refractivity (Wildman–Crippen MR) is 277 cm³/mol. The lowest BCUT2D eigenvalue weighted by Crippen LogP contribution is -2.50. The summed E-state index contributed by atoms with van der Waals surface area (Å²) in [5, 5.41) is 0. The molecule has 0 amide bonds. The number of aryl methyl sites for hydroxylation is 2. The average molecular weight is 1060 g/mol. The Balaban J connectivity index is 0.000000273. The molecule has 2 aliphatic carbocycles. The first-order valence-electron chi connectivity index (χ1n) is 31.9. The van der Waals surface area contributed by atoms with E-state index in [1.54, 1.807) is 13.8 Å². The first-order chi connectivity index (χ1) is 41.3. The molecule has 8 rings (SSSR count). The Kier molecular flexibility index (Phi) is 15.3. The van der Waals surface area contributed by atoms with Crippen molar-refractivity contribution >= 4 is 23.5 Å². The number of nitrogens with zero attached hydrogens (tertiary/aromatic N) is 4. The number of carbonyl (C=O) groups excluding carboxylic acids is 3. The van der Waals surface area contributed by atoms with Crippen LogP contribution in [-0.4, -0.2) is 80.1 Å². The Bertz CT molecular complexity index is 3200. The van der Waals surface area contributed by atoms with E-state index in [1.807, 2.05) is 0 Å². The Labute approximate surface area is 457 Å². The van der Waals surface area contributed by atoms with Crippen LogP contribution in [0.25, 0.3) is 0 Å². The fraction of sp³-hybridized carbons (Fsp3) is 0.525. The number of benzene rings is 4. The van der Waals surface area contributed by atoms with E-state index in [-0.39, 0.29) is 89.6 Å². The molecule has 2 heterocycles. The topological polar surface area (TPSA) is 110 Å². The molecule has 4 aliphatic rings. The van der Waals surface area contributed by atoms with E-state index in [9.17, 15) is 31.1 Å². The number of hydrogen-bond donors (Lipinski definition) is 0. The van der Waals surface area contributed by atoms with Gasteiger partial charge >= 0.3 is 24.5 Å². The molecule has 2 aliphatic heterocycles. The van der Waals surface area contributed by atoms with Gasteiger partial charge in [-0.05, 0) is 165 Å². The van der Waals surface area contributed by atoms with Gasteiger partial charge in [0.2, 0.25) is 0 Å². The molecule has 2 saturated carbocycles. The largest absolute Gasteiger partial charge is 0.471 e. The zero-order chi connectivity index (χ0) is 66.3. The predicted octanol–water partition coefficient (Wildman–Crippen LogP) is 13.5. The van der Waals surface area contributed by atoms with E-state index in [2.05, 4.69) is 9.98 Å². The van der Waals surface area contributed by atoms with Gasteiger partial charge in [-0.15, -0.1) is 0 Å². The molecule has 4 fully saturated rings. The number of halogens is 6. The van der Waals surface area contributed by atoms with E-state index in [0.29, 0.717) is 42.8 Å². The van der Waals surface area contributed by atoms with Gasteiger partial charge in [0.15, 0.2) is 13.5 Å². The lowest BCUT2D eigenvalue weighted by molar-refractivity contribution is -0.191. The van der Waals surface area contributed by atoms with Crippen molar-refractivity contribution in [3.63, 3.8) is 0 Å². The minimum atomic E-state index is -4.55. The summed E-state index contributed by atoms with van der Waals surface area (Å²) in [6, 6.07) is 16.1. The van der Waals surface area contributed by atoms with Crippen LogP contribution in [0.3, 0.4) is 0 Å². The lowest BCUT2D eigenvalue weighted by atomic mass is 9.82. The van der Waals surface area contributed by atoms with Gasteiger partial charge in [-0.25, -0.2) is 0 Å². The first kappa shape index (κ1) is 41.3. The van der Waals surface area contributed by atoms with E-state index in [0.717, 1.165) is 69.9 Å². The second kappa shape index (κ2) is 27.8. The van der Waals surface area contributed by atoms with Crippen molar-refractivity contribution < 1.29 is 74.1 Å². The van der Waals surface area contributed by atoms with E-state index < -0.39 is 80.4 Å². The summed E-state index contributed by atoms with van der Waals surface area (Å²) in [6.45, 7) is -7.17. The van der Waals surface area contributed by atoms with Crippen molar-refractivity contribution in [2.24, 2.45) is 15.9 Å². The van der Waals surface area contributed by atoms with Crippen molar-refractivity contribution in [1.29, 1.82) is 0 Å². The van der Waals surface area contributed by atoms with Crippen LogP contribution in [0.5, 0.6) is 11.5 Å². The molecule has 4 aromatic carbocycles. The molecule has 0 unspecified atom stereocenters. The zero-order valence-electron chi connectivity index (χ0n) is 56.2. The summed E-state index contributed by atoms with van der Waals surface area (Å²) in [6.07, 6.45) is -5.30. The monoisotopic (exact) mass is 1060 g/mol. The second-order valence-electron chi connectivity index (χ2n) is 18.7. The van der Waals surface area contributed by atoms with Crippen LogP contribution in [0.4, 0.5) is 26.3 Å². The van der Waals surface area contributed by atoms with Crippen LogP contribution in [-0.2, 0) is 57.2 Å². The van der Waals surface area contributed by atoms with Crippen molar-refractivity contribution in [2.75, 3.05) is 46.8 Å². The molecular weight excluding hydrogens is 975 g/mol. The minimum absolute atomic E-state index is 0.00709. The second-order valence-corrected chi connectivity index (χ2v) is 18.7. The Hall–Kier alpha value is -5.83. The van der Waals surface area contributed by atoms with Crippen molar-refractivity contribution in [3.8, 4) is 11.5 Å². The summed E-state index contributed by atoms with van der Waals surface area (Å²) in [4.78, 5) is 39.4. The highest BCUT2D eigenvalue weighted by atomic mass is 19.4. The van der Waals surface area contributed by atoms with Crippen LogP contribution >= 0.6 is 0 Å². The van der Waals surface area contributed by atoms with Crippen LogP contribution in [0, 0.1) is 5.92 Å². The third-order valence-corrected chi connectivity index (χ3v) is 13.8. The molecule has 0 N–H and O–H groups in total. The quantitative estimate of drug-likeness (QED) is 0.0584. The van der Waals surface area contributed by atoms with Gasteiger partial charge in [0.05, 0.1) is 24.2 Å². The number of likely N-dealkylation sites (tertiary alicyclic amines) is 2. The molecule has 0 aromatic heterocycles. The van der Waals surface area contributed by atoms with E-state index >= 15 is 0 Å². The van der Waals surface area contributed by atoms with Gasteiger partial charge in [-0.2, -0.15) is 35.9 Å². The summed E-state index contributed by atoms with van der Waals surface area (Å²) in [5.74, 6) is -1.33. The van der Waals surface area contributed by atoms with Gasteiger partial charge in [0.1, 0.15) is 11.5 Å². The fourth-order valence-corrected chi connectivity index (χ4v) is 9.47. The SMILES string of the molecule is O=C=O.[2H]C([2H])(c1ccc(C(C)=NCOc2ccc(C3CCCCC3)c(C(F)(F)F)c2)cc1C([2H])([2H])C([2H])([2H])[2H])N1CC(C(=O)OC)C1.[2H]C([2H])(c1ccc(C(C)=NCOc2ccc(C3CCCCC3)c(C(F)(F)F)c2)cc1C([2H])([2H])C([2H])([2H])[2H])N1CCC1. The highest BCUT2D eigenvalue weighted by Crippen LogP contribution is 2.44. The number of hydrogen-bond acceptors (Lipinski definition) is 10. The first-order valence-corrected chi connectivity index (χ1v) is 24.9. The molecular formula is C59H72F6N4O6. The standard InChI is InChI=1S/C30H37F3N2O3.C28H35F3N2O.CO2/c1-4-21-14-23(10-11-24(21)16-35-17-25(18-35)29(36)37-3)20(2)34-19-38-26-12-13-27(22-8-6-5-7-9-22)28(15-26)30(31,32)33;1-3-21-16-23(10-11-24(21)18-33-14-7-15-33)20(2)32-19-34-25-12-13-26(22-8-5-4-6-9-22)27(17-25)28(29,30)31;2-1-3/h10-15,22,25H,4-9,16-19H2,1-3H3;10-13,16-17,22H,3-9,14-15,18-19H2,1-2H3;/i1D3,4D2,16D2;1D3,3D2,18D2;. The number of esters is 1. The molecule has 75 heavy (non-hydrogen) atoms. The number of carbonyl (C=O) groups is 1. The Morgan fingerprint density at radius 3 is 1.43 bits per heavy atom. The molecule has 0 radical (unpaired) electrons. The highest BCUT2D eigenvalue weighted by molar-refractivity contribution is 5.99. The third-order valence-electron chi connectivity index (χ3n) is 13.8. The van der Waals surface area contributed by atoms with E-state index in [4.69, 9.17) is 43.0 Å². The number of alkyl halides is 6. The van der Waals surface area contributed by atoms with Crippen LogP contribution < -0.4 is 9.47 Å². The van der Waals surface area contributed by atoms with Crippen LogP contribution in [0.2, 0.25) is 0 Å². The summed E-state index contributed by atoms with van der Waals surface area (Å²) in [5.41, 5.74) is -0.618. The van der Waals surface area contributed by atoms with Gasteiger partial charge in [-0.3, -0.25) is 24.6 Å². The van der Waals surface area contributed by atoms with Gasteiger partial charge in [0, 0.05) is 56.7 Å². The lowest BCUT2D eigenvalue weighted by Gasteiger charge is -2.37.